The van der Waals surface area contributed by atoms with Crippen LogP contribution in [-0.4, -0.2) is 41.7 Å². The van der Waals surface area contributed by atoms with E-state index in [1.54, 1.807) is 18.7 Å². The summed E-state index contributed by atoms with van der Waals surface area (Å²) in [7, 11) is 0. The molecule has 1 aromatic rings. The van der Waals surface area contributed by atoms with E-state index in [2.05, 4.69) is 4.74 Å². The van der Waals surface area contributed by atoms with E-state index >= 15 is 0 Å². The number of aliphatic hydroxyl groups is 1. The van der Waals surface area contributed by atoms with Crippen molar-refractivity contribution in [3.63, 3.8) is 0 Å². The van der Waals surface area contributed by atoms with Gasteiger partial charge in [-0.3, -0.25) is 4.79 Å². The summed E-state index contributed by atoms with van der Waals surface area (Å²) in [6.45, 7) is 1.46. The molecule has 2 unspecified atom stereocenters. The SMILES string of the molecule is Cc1cc(OC(F)F)c(C(=O)N2CCC(C(C)O)C2)s1. The zero-order chi connectivity index (χ0) is 14.9. The number of hydrogen-bond acceptors (Lipinski definition) is 4. The van der Waals surface area contributed by atoms with E-state index in [-0.39, 0.29) is 22.5 Å². The largest absolute Gasteiger partial charge is 0.433 e. The number of halogens is 2. The van der Waals surface area contributed by atoms with Gasteiger partial charge < -0.3 is 14.7 Å². The molecular formula is C13H17F2NO3S. The number of carbonyl (C=O) groups excluding carboxylic acids is 1. The zero-order valence-electron chi connectivity index (χ0n) is 11.3. The van der Waals surface area contributed by atoms with Crippen molar-refractivity contribution in [1.29, 1.82) is 0 Å². The lowest BCUT2D eigenvalue weighted by Crippen LogP contribution is -2.30. The normalized spacial score (nSPS) is 20.5. The summed E-state index contributed by atoms with van der Waals surface area (Å²) in [5.41, 5.74) is 0. The van der Waals surface area contributed by atoms with Gasteiger partial charge in [-0.05, 0) is 26.3 Å². The summed E-state index contributed by atoms with van der Waals surface area (Å²) < 4.78 is 29.1. The minimum atomic E-state index is -2.95. The summed E-state index contributed by atoms with van der Waals surface area (Å²) in [5, 5.41) is 9.54. The molecule has 112 valence electrons. The molecule has 1 saturated heterocycles. The number of amides is 1. The van der Waals surface area contributed by atoms with Crippen LogP contribution in [0.1, 0.15) is 27.9 Å². The van der Waals surface area contributed by atoms with Crippen LogP contribution in [0.15, 0.2) is 6.07 Å². The number of hydrogen-bond donors (Lipinski definition) is 1. The third kappa shape index (κ3) is 3.27. The molecule has 1 aliphatic heterocycles. The van der Waals surface area contributed by atoms with Gasteiger partial charge in [0.15, 0.2) is 0 Å². The molecular weight excluding hydrogens is 288 g/mol. The minimum Gasteiger partial charge on any atom is -0.433 e. The molecule has 1 aliphatic rings. The first-order valence-corrected chi connectivity index (χ1v) is 7.22. The Morgan fingerprint density at radius 1 is 1.60 bits per heavy atom. The maximum absolute atomic E-state index is 12.4. The molecule has 1 amide bonds. The molecule has 2 heterocycles. The molecule has 0 bridgehead atoms. The van der Waals surface area contributed by atoms with Gasteiger partial charge in [-0.25, -0.2) is 0 Å². The van der Waals surface area contributed by atoms with Gasteiger partial charge in [-0.2, -0.15) is 8.78 Å². The molecule has 4 nitrogen and oxygen atoms in total. The van der Waals surface area contributed by atoms with Crippen LogP contribution in [0.25, 0.3) is 0 Å². The molecule has 1 fully saturated rings. The number of thiophene rings is 1. The quantitative estimate of drug-likeness (QED) is 0.930. The first kappa shape index (κ1) is 15.2. The Morgan fingerprint density at radius 3 is 2.85 bits per heavy atom. The first-order valence-electron chi connectivity index (χ1n) is 6.41. The van der Waals surface area contributed by atoms with Crippen molar-refractivity contribution >= 4 is 17.2 Å². The molecule has 0 saturated carbocycles. The van der Waals surface area contributed by atoms with Crippen molar-refractivity contribution in [3.8, 4) is 5.75 Å². The fraction of sp³-hybridized carbons (Fsp3) is 0.615. The van der Waals surface area contributed by atoms with E-state index in [0.29, 0.717) is 13.1 Å². The van der Waals surface area contributed by atoms with Crippen LogP contribution in [0.3, 0.4) is 0 Å². The highest BCUT2D eigenvalue weighted by Crippen LogP contribution is 2.33. The second kappa shape index (κ2) is 6.05. The molecule has 2 rings (SSSR count). The van der Waals surface area contributed by atoms with Crippen LogP contribution in [0.5, 0.6) is 5.75 Å². The standard InChI is InChI=1S/C13H17F2NO3S/c1-7-5-10(19-13(14)15)11(20-7)12(18)16-4-3-9(6-16)8(2)17/h5,8-9,13,17H,3-4,6H2,1-2H3. The number of alkyl halides is 2. The average molecular weight is 305 g/mol. The molecule has 7 heteroatoms. The summed E-state index contributed by atoms with van der Waals surface area (Å²) in [6.07, 6.45) is 0.244. The highest BCUT2D eigenvalue weighted by atomic mass is 32.1. The van der Waals surface area contributed by atoms with Gasteiger partial charge in [0, 0.05) is 23.9 Å². The third-order valence-electron chi connectivity index (χ3n) is 3.43. The number of carbonyl (C=O) groups is 1. The van der Waals surface area contributed by atoms with Crippen molar-refractivity contribution < 1.29 is 23.4 Å². The van der Waals surface area contributed by atoms with Gasteiger partial charge in [0.2, 0.25) is 0 Å². The lowest BCUT2D eigenvalue weighted by Gasteiger charge is -2.17. The highest BCUT2D eigenvalue weighted by Gasteiger charge is 2.32. The van der Waals surface area contributed by atoms with Gasteiger partial charge in [0.05, 0.1) is 6.10 Å². The van der Waals surface area contributed by atoms with Crippen LogP contribution < -0.4 is 4.74 Å². The third-order valence-corrected chi connectivity index (χ3v) is 4.45. The smallest absolute Gasteiger partial charge is 0.387 e. The van der Waals surface area contributed by atoms with Crippen molar-refractivity contribution in [2.75, 3.05) is 13.1 Å². The Balaban J connectivity index is 2.13. The number of nitrogens with zero attached hydrogens (tertiary/aromatic N) is 1. The Kier molecular flexibility index (Phi) is 4.59. The number of aliphatic hydroxyl groups excluding tert-OH is 1. The Labute approximate surface area is 120 Å². The van der Waals surface area contributed by atoms with Crippen LogP contribution in [0.2, 0.25) is 0 Å². The van der Waals surface area contributed by atoms with Crippen molar-refractivity contribution in [2.45, 2.75) is 33.0 Å². The predicted molar refractivity (Wildman–Crippen MR) is 71.4 cm³/mol. The maximum atomic E-state index is 12.4. The van der Waals surface area contributed by atoms with Gasteiger partial charge in [0.25, 0.3) is 5.91 Å². The Hall–Kier alpha value is -1.21. The Morgan fingerprint density at radius 2 is 2.30 bits per heavy atom. The molecule has 1 N–H and O–H groups in total. The average Bonchev–Trinajstić information content (AvgIpc) is 2.94. The fourth-order valence-electron chi connectivity index (χ4n) is 2.33. The first-order chi connectivity index (χ1) is 9.38. The van der Waals surface area contributed by atoms with Gasteiger partial charge >= 0.3 is 6.61 Å². The minimum absolute atomic E-state index is 0.0412. The number of ether oxygens (including phenoxy) is 1. The second-order valence-electron chi connectivity index (χ2n) is 4.97. The van der Waals surface area contributed by atoms with E-state index in [0.717, 1.165) is 22.6 Å². The lowest BCUT2D eigenvalue weighted by molar-refractivity contribution is -0.0499. The van der Waals surface area contributed by atoms with Crippen molar-refractivity contribution in [1.82, 2.24) is 4.90 Å². The van der Waals surface area contributed by atoms with Crippen LogP contribution in [0.4, 0.5) is 8.78 Å². The van der Waals surface area contributed by atoms with E-state index < -0.39 is 12.7 Å². The molecule has 1 aromatic heterocycles. The zero-order valence-corrected chi connectivity index (χ0v) is 12.1. The van der Waals surface area contributed by atoms with E-state index in [1.165, 1.54) is 6.07 Å². The highest BCUT2D eigenvalue weighted by molar-refractivity contribution is 7.14. The van der Waals surface area contributed by atoms with Crippen molar-refractivity contribution in [2.24, 2.45) is 5.92 Å². The van der Waals surface area contributed by atoms with Gasteiger partial charge in [-0.1, -0.05) is 0 Å². The fourth-order valence-corrected chi connectivity index (χ4v) is 3.24. The number of aryl methyl sites for hydroxylation is 1. The summed E-state index contributed by atoms with van der Waals surface area (Å²) in [4.78, 5) is 14.9. The molecule has 0 spiro atoms. The Bertz CT molecular complexity index is 490. The molecule has 20 heavy (non-hydrogen) atoms. The van der Waals surface area contributed by atoms with Crippen LogP contribution >= 0.6 is 11.3 Å². The topological polar surface area (TPSA) is 49.8 Å². The second-order valence-corrected chi connectivity index (χ2v) is 6.23. The van der Waals surface area contributed by atoms with E-state index in [4.69, 9.17) is 0 Å². The number of likely N-dealkylation sites (tertiary alicyclic amines) is 1. The molecule has 0 aromatic carbocycles. The van der Waals surface area contributed by atoms with Crippen LogP contribution in [0, 0.1) is 12.8 Å². The maximum Gasteiger partial charge on any atom is 0.387 e. The van der Waals surface area contributed by atoms with Gasteiger partial charge in [0.1, 0.15) is 10.6 Å². The van der Waals surface area contributed by atoms with Crippen molar-refractivity contribution in [3.05, 3.63) is 15.8 Å². The van der Waals surface area contributed by atoms with Crippen LogP contribution in [-0.2, 0) is 0 Å². The number of rotatable bonds is 4. The lowest BCUT2D eigenvalue weighted by atomic mass is 10.0. The molecule has 2 atom stereocenters. The van der Waals surface area contributed by atoms with Gasteiger partial charge in [-0.15, -0.1) is 11.3 Å². The monoisotopic (exact) mass is 305 g/mol. The molecule has 0 aliphatic carbocycles. The summed E-state index contributed by atoms with van der Waals surface area (Å²) >= 11 is 1.15. The van der Waals surface area contributed by atoms with E-state index in [9.17, 15) is 18.7 Å². The molecule has 0 radical (unpaired) electrons. The summed E-state index contributed by atoms with van der Waals surface area (Å²) in [6, 6.07) is 1.45. The summed E-state index contributed by atoms with van der Waals surface area (Å²) in [5.74, 6) is -0.325. The predicted octanol–water partition coefficient (Wildman–Crippen LogP) is 2.50. The van der Waals surface area contributed by atoms with E-state index in [1.807, 2.05) is 0 Å².